The maximum Gasteiger partial charge on any atom is 0.331 e. The number of carbonyl (C=O) groups is 2. The second kappa shape index (κ2) is 6.99. The molecule has 0 radical (unpaired) electrons. The van der Waals surface area contributed by atoms with Crippen molar-refractivity contribution < 1.29 is 14.3 Å². The third kappa shape index (κ3) is 3.71. The average Bonchev–Trinajstić information content (AvgIpc) is 3.08. The Morgan fingerprint density at radius 2 is 2.17 bits per heavy atom. The summed E-state index contributed by atoms with van der Waals surface area (Å²) < 4.78 is 6.25. The first-order chi connectivity index (χ1) is 11.0. The fourth-order valence-electron chi connectivity index (χ4n) is 2.33. The number of methoxy groups -OCH3 is 1. The number of tetrazole rings is 1. The molecule has 8 heteroatoms. The molecule has 1 heterocycles. The largest absolute Gasteiger partial charge is 0.467 e. The van der Waals surface area contributed by atoms with Crippen LogP contribution < -0.4 is 5.32 Å². The predicted octanol–water partition coefficient (Wildman–Crippen LogP) is 1.12. The van der Waals surface area contributed by atoms with Gasteiger partial charge in [0.05, 0.1) is 12.8 Å². The standard InChI is InChI=1S/C15H19N5O3/c1-4-8-15(2,14(22)23-3)17-13(21)11-6-5-7-12(9-11)20-10-16-18-19-20/h5-7,9-10H,4,8H2,1-3H3,(H,17,21). The Labute approximate surface area is 133 Å². The summed E-state index contributed by atoms with van der Waals surface area (Å²) in [6.07, 6.45) is 2.65. The summed E-state index contributed by atoms with van der Waals surface area (Å²) >= 11 is 0. The van der Waals surface area contributed by atoms with E-state index in [-0.39, 0.29) is 5.91 Å². The van der Waals surface area contributed by atoms with Crippen LogP contribution in [0.2, 0.25) is 0 Å². The molecule has 0 spiro atoms. The van der Waals surface area contributed by atoms with Crippen LogP contribution in [0.4, 0.5) is 0 Å². The van der Waals surface area contributed by atoms with E-state index in [0.29, 0.717) is 17.7 Å². The molecule has 1 N–H and O–H groups in total. The molecule has 2 aromatic rings. The van der Waals surface area contributed by atoms with Crippen LogP contribution in [0.5, 0.6) is 0 Å². The number of hydrogen-bond donors (Lipinski definition) is 1. The zero-order valence-corrected chi connectivity index (χ0v) is 13.3. The van der Waals surface area contributed by atoms with Crippen LogP contribution in [0.15, 0.2) is 30.6 Å². The van der Waals surface area contributed by atoms with Crippen molar-refractivity contribution in [3.8, 4) is 5.69 Å². The van der Waals surface area contributed by atoms with Crippen molar-refractivity contribution in [2.24, 2.45) is 0 Å². The van der Waals surface area contributed by atoms with Crippen LogP contribution >= 0.6 is 0 Å². The molecule has 0 saturated heterocycles. The Kier molecular flexibility index (Phi) is 5.05. The summed E-state index contributed by atoms with van der Waals surface area (Å²) in [6, 6.07) is 6.81. The van der Waals surface area contributed by atoms with Crippen molar-refractivity contribution in [2.45, 2.75) is 32.2 Å². The van der Waals surface area contributed by atoms with Crippen LogP contribution in [0.25, 0.3) is 5.69 Å². The van der Waals surface area contributed by atoms with E-state index in [9.17, 15) is 9.59 Å². The highest BCUT2D eigenvalue weighted by molar-refractivity contribution is 5.98. The van der Waals surface area contributed by atoms with Gasteiger partial charge in [-0.3, -0.25) is 4.79 Å². The number of benzene rings is 1. The molecule has 0 aliphatic heterocycles. The van der Waals surface area contributed by atoms with Gasteiger partial charge in [-0.05, 0) is 42.0 Å². The third-order valence-electron chi connectivity index (χ3n) is 3.50. The van der Waals surface area contributed by atoms with Gasteiger partial charge in [0.15, 0.2) is 0 Å². The topological polar surface area (TPSA) is 99.0 Å². The number of ether oxygens (including phenoxy) is 1. The summed E-state index contributed by atoms with van der Waals surface area (Å²) in [5.41, 5.74) is -0.00655. The molecule has 1 aromatic carbocycles. The first-order valence-electron chi connectivity index (χ1n) is 7.24. The minimum atomic E-state index is -1.06. The molecular formula is C15H19N5O3. The number of nitrogens with zero attached hydrogens (tertiary/aromatic N) is 4. The van der Waals surface area contributed by atoms with E-state index in [0.717, 1.165) is 6.42 Å². The Hall–Kier alpha value is -2.77. The Balaban J connectivity index is 2.23. The molecule has 23 heavy (non-hydrogen) atoms. The Morgan fingerprint density at radius 3 is 2.78 bits per heavy atom. The quantitative estimate of drug-likeness (QED) is 0.802. The molecule has 0 fully saturated rings. The van der Waals surface area contributed by atoms with Gasteiger partial charge in [0.2, 0.25) is 0 Å². The number of rotatable bonds is 6. The molecule has 2 rings (SSSR count). The molecule has 0 aliphatic carbocycles. The van der Waals surface area contributed by atoms with Gasteiger partial charge in [0, 0.05) is 5.56 Å². The fourth-order valence-corrected chi connectivity index (χ4v) is 2.33. The second-order valence-corrected chi connectivity index (χ2v) is 5.33. The van der Waals surface area contributed by atoms with E-state index >= 15 is 0 Å². The number of hydrogen-bond acceptors (Lipinski definition) is 6. The monoisotopic (exact) mass is 317 g/mol. The molecule has 0 bridgehead atoms. The molecule has 1 unspecified atom stereocenters. The highest BCUT2D eigenvalue weighted by atomic mass is 16.5. The molecule has 8 nitrogen and oxygen atoms in total. The van der Waals surface area contributed by atoms with E-state index in [1.807, 2.05) is 6.92 Å². The average molecular weight is 317 g/mol. The van der Waals surface area contributed by atoms with Gasteiger partial charge in [0.1, 0.15) is 11.9 Å². The molecule has 0 aliphatic rings. The summed E-state index contributed by atoms with van der Waals surface area (Å²) in [5.74, 6) is -0.828. The van der Waals surface area contributed by atoms with Crippen molar-refractivity contribution in [3.63, 3.8) is 0 Å². The van der Waals surface area contributed by atoms with Crippen molar-refractivity contribution >= 4 is 11.9 Å². The summed E-state index contributed by atoms with van der Waals surface area (Å²) in [5, 5.41) is 13.7. The number of carbonyl (C=O) groups excluding carboxylic acids is 2. The highest BCUT2D eigenvalue weighted by Crippen LogP contribution is 2.16. The smallest absolute Gasteiger partial charge is 0.331 e. The van der Waals surface area contributed by atoms with Crippen molar-refractivity contribution in [3.05, 3.63) is 36.2 Å². The lowest BCUT2D eigenvalue weighted by Gasteiger charge is -2.27. The maximum atomic E-state index is 12.5. The van der Waals surface area contributed by atoms with Crippen LogP contribution in [0.1, 0.15) is 37.0 Å². The van der Waals surface area contributed by atoms with E-state index in [4.69, 9.17) is 4.74 Å². The van der Waals surface area contributed by atoms with Crippen LogP contribution in [0, 0.1) is 0 Å². The van der Waals surface area contributed by atoms with E-state index in [2.05, 4.69) is 20.8 Å². The van der Waals surface area contributed by atoms with Gasteiger partial charge < -0.3 is 10.1 Å². The van der Waals surface area contributed by atoms with Gasteiger partial charge in [-0.2, -0.15) is 0 Å². The molecule has 122 valence electrons. The first-order valence-corrected chi connectivity index (χ1v) is 7.24. The van der Waals surface area contributed by atoms with E-state index in [1.54, 1.807) is 31.2 Å². The predicted molar refractivity (Wildman–Crippen MR) is 81.9 cm³/mol. The number of aromatic nitrogens is 4. The maximum absolute atomic E-state index is 12.5. The van der Waals surface area contributed by atoms with Crippen LogP contribution in [0.3, 0.4) is 0 Å². The number of nitrogens with one attached hydrogen (secondary N) is 1. The molecule has 1 aromatic heterocycles. The number of amides is 1. The second-order valence-electron chi connectivity index (χ2n) is 5.33. The molecule has 1 amide bonds. The van der Waals surface area contributed by atoms with Gasteiger partial charge in [0.25, 0.3) is 5.91 Å². The highest BCUT2D eigenvalue weighted by Gasteiger charge is 2.35. The number of esters is 1. The fraction of sp³-hybridized carbons (Fsp3) is 0.400. The molecular weight excluding hydrogens is 298 g/mol. The van der Waals surface area contributed by atoms with Crippen molar-refractivity contribution in [1.82, 2.24) is 25.5 Å². The normalized spacial score (nSPS) is 13.2. The summed E-state index contributed by atoms with van der Waals surface area (Å²) in [4.78, 5) is 24.5. The van der Waals surface area contributed by atoms with Crippen molar-refractivity contribution in [2.75, 3.05) is 7.11 Å². The minimum Gasteiger partial charge on any atom is -0.467 e. The van der Waals surface area contributed by atoms with Gasteiger partial charge in [-0.25, -0.2) is 9.48 Å². The summed E-state index contributed by atoms with van der Waals surface area (Å²) in [6.45, 7) is 3.59. The lowest BCUT2D eigenvalue weighted by Crippen LogP contribution is -2.52. The minimum absolute atomic E-state index is 0.360. The van der Waals surface area contributed by atoms with E-state index < -0.39 is 11.5 Å². The molecule has 0 saturated carbocycles. The zero-order valence-electron chi connectivity index (χ0n) is 13.3. The lowest BCUT2D eigenvalue weighted by atomic mass is 9.95. The lowest BCUT2D eigenvalue weighted by molar-refractivity contribution is -0.147. The third-order valence-corrected chi connectivity index (χ3v) is 3.50. The van der Waals surface area contributed by atoms with E-state index in [1.165, 1.54) is 18.1 Å². The first kappa shape index (κ1) is 16.6. The van der Waals surface area contributed by atoms with Gasteiger partial charge in [-0.1, -0.05) is 19.4 Å². The van der Waals surface area contributed by atoms with Gasteiger partial charge in [-0.15, -0.1) is 5.10 Å². The van der Waals surface area contributed by atoms with Crippen LogP contribution in [-0.2, 0) is 9.53 Å². The SMILES string of the molecule is CCCC(C)(NC(=O)c1cccc(-n2cnnn2)c1)C(=O)OC. The summed E-state index contributed by atoms with van der Waals surface area (Å²) in [7, 11) is 1.31. The van der Waals surface area contributed by atoms with Crippen molar-refractivity contribution in [1.29, 1.82) is 0 Å². The Bertz CT molecular complexity index is 686. The molecule has 1 atom stereocenters. The van der Waals surface area contributed by atoms with Gasteiger partial charge >= 0.3 is 5.97 Å². The Morgan fingerprint density at radius 1 is 1.39 bits per heavy atom. The van der Waals surface area contributed by atoms with Crippen LogP contribution in [-0.4, -0.2) is 44.7 Å². The zero-order chi connectivity index (χ0) is 16.9.